The van der Waals surface area contributed by atoms with E-state index in [2.05, 4.69) is 51.4 Å². The van der Waals surface area contributed by atoms with Gasteiger partial charge in [-0.2, -0.15) is 0 Å². The van der Waals surface area contributed by atoms with E-state index in [1.165, 1.54) is 115 Å². The zero-order valence-electron chi connectivity index (χ0n) is 20.0. The van der Waals surface area contributed by atoms with Crippen LogP contribution in [-0.4, -0.2) is 25.1 Å². The molecule has 0 unspecified atom stereocenters. The van der Waals surface area contributed by atoms with Gasteiger partial charge < -0.3 is 4.48 Å². The van der Waals surface area contributed by atoms with Gasteiger partial charge >= 0.3 is 0 Å². The molecule has 0 saturated carbocycles. The minimum absolute atomic E-state index is 0. The molecule has 2 heteroatoms. The maximum absolute atomic E-state index is 2.37. The number of benzene rings is 1. The number of hydrogen-bond acceptors (Lipinski definition) is 0. The highest BCUT2D eigenvalue weighted by Crippen LogP contribution is 2.15. The van der Waals surface area contributed by atoms with Crippen molar-refractivity contribution in [3.8, 4) is 0 Å². The van der Waals surface area contributed by atoms with Gasteiger partial charge in [-0.25, -0.2) is 0 Å². The van der Waals surface area contributed by atoms with E-state index in [0.717, 1.165) is 11.0 Å². The first-order valence-electron chi connectivity index (χ1n) is 12.5. The smallest absolute Gasteiger partial charge is 0.104 e. The van der Waals surface area contributed by atoms with Crippen LogP contribution in [0.2, 0.25) is 0 Å². The summed E-state index contributed by atoms with van der Waals surface area (Å²) in [6, 6.07) is 10.9. The third kappa shape index (κ3) is 18.0. The lowest BCUT2D eigenvalue weighted by Crippen LogP contribution is -2.39. The van der Waals surface area contributed by atoms with E-state index in [4.69, 9.17) is 0 Å². The molecule has 0 atom stereocenters. The van der Waals surface area contributed by atoms with Crippen LogP contribution in [0.3, 0.4) is 0 Å². The van der Waals surface area contributed by atoms with Crippen LogP contribution in [0.5, 0.6) is 0 Å². The van der Waals surface area contributed by atoms with Crippen molar-refractivity contribution < 1.29 is 4.48 Å². The Morgan fingerprint density at radius 1 is 0.552 bits per heavy atom. The molecule has 0 bridgehead atoms. The molecule has 1 aromatic rings. The van der Waals surface area contributed by atoms with E-state index in [1.54, 1.807) is 0 Å². The molecule has 0 aromatic heterocycles. The molecule has 0 fully saturated rings. The summed E-state index contributed by atoms with van der Waals surface area (Å²) in [5.74, 6) is 0. The lowest BCUT2D eigenvalue weighted by molar-refractivity contribution is -0.903. The van der Waals surface area contributed by atoms with Crippen LogP contribution in [0, 0.1) is 0 Å². The SMILES string of the molecule is CCCCCCCCCCCCCCCCCC[N+](C)(C)Cc1ccccc1.Cl. The van der Waals surface area contributed by atoms with Crippen molar-refractivity contribution in [2.24, 2.45) is 0 Å². The number of rotatable bonds is 19. The van der Waals surface area contributed by atoms with Gasteiger partial charge in [-0.3, -0.25) is 0 Å². The molecule has 0 spiro atoms. The van der Waals surface area contributed by atoms with Crippen LogP contribution >= 0.6 is 12.4 Å². The van der Waals surface area contributed by atoms with Crippen LogP contribution < -0.4 is 0 Å². The van der Waals surface area contributed by atoms with Gasteiger partial charge in [0, 0.05) is 5.56 Å². The maximum Gasteiger partial charge on any atom is 0.104 e. The van der Waals surface area contributed by atoms with E-state index < -0.39 is 0 Å². The van der Waals surface area contributed by atoms with Crippen LogP contribution in [0.4, 0.5) is 0 Å². The van der Waals surface area contributed by atoms with Gasteiger partial charge in [0.1, 0.15) is 6.54 Å². The van der Waals surface area contributed by atoms with Crippen molar-refractivity contribution in [2.75, 3.05) is 20.6 Å². The van der Waals surface area contributed by atoms with E-state index in [0.29, 0.717) is 0 Å². The van der Waals surface area contributed by atoms with Crippen LogP contribution in [0.15, 0.2) is 30.3 Å². The zero-order chi connectivity index (χ0) is 20.3. The van der Waals surface area contributed by atoms with Gasteiger partial charge in [0.15, 0.2) is 0 Å². The molecule has 0 amide bonds. The lowest BCUT2D eigenvalue weighted by Gasteiger charge is -2.30. The first-order chi connectivity index (χ1) is 13.6. The van der Waals surface area contributed by atoms with E-state index >= 15 is 0 Å². The minimum Gasteiger partial charge on any atom is -0.325 e. The quantitative estimate of drug-likeness (QED) is 0.153. The van der Waals surface area contributed by atoms with Crippen LogP contribution in [0.1, 0.15) is 115 Å². The largest absolute Gasteiger partial charge is 0.325 e. The summed E-state index contributed by atoms with van der Waals surface area (Å²) < 4.78 is 1.11. The molecule has 1 aromatic carbocycles. The fraction of sp³-hybridized carbons (Fsp3) is 0.778. The summed E-state index contributed by atoms with van der Waals surface area (Å²) in [4.78, 5) is 0. The second-order valence-electron chi connectivity index (χ2n) is 9.61. The monoisotopic (exact) mass is 424 g/mol. The normalized spacial score (nSPS) is 11.4. The average molecular weight is 425 g/mol. The second-order valence-corrected chi connectivity index (χ2v) is 9.61. The van der Waals surface area contributed by atoms with Crippen molar-refractivity contribution in [1.29, 1.82) is 0 Å². The average Bonchev–Trinajstić information content (AvgIpc) is 2.68. The predicted octanol–water partition coefficient (Wildman–Crippen LogP) is 8.95. The highest BCUT2D eigenvalue weighted by molar-refractivity contribution is 5.85. The first kappa shape index (κ1) is 28.5. The standard InChI is InChI=1S/C27H50N.ClH/c1-4-5-6-7-8-9-10-11-12-13-14-15-16-17-18-22-25-28(2,3)26-27-23-20-19-21-24-27;/h19-21,23-24H,4-18,22,25-26H2,1-3H3;1H/q+1;. The summed E-state index contributed by atoms with van der Waals surface area (Å²) in [7, 11) is 4.75. The molecule has 29 heavy (non-hydrogen) atoms. The number of halogens is 1. The van der Waals surface area contributed by atoms with Gasteiger partial charge in [-0.15, -0.1) is 12.4 Å². The van der Waals surface area contributed by atoms with Crippen molar-refractivity contribution in [3.63, 3.8) is 0 Å². The summed E-state index contributed by atoms with van der Waals surface area (Å²) in [6.07, 6.45) is 23.2. The van der Waals surface area contributed by atoms with Crippen molar-refractivity contribution >= 4 is 12.4 Å². The van der Waals surface area contributed by atoms with E-state index in [-0.39, 0.29) is 12.4 Å². The van der Waals surface area contributed by atoms with Gasteiger partial charge in [-0.05, 0) is 12.8 Å². The van der Waals surface area contributed by atoms with Crippen LogP contribution in [0.25, 0.3) is 0 Å². The van der Waals surface area contributed by atoms with E-state index in [1.807, 2.05) is 0 Å². The molecule has 0 radical (unpaired) electrons. The third-order valence-corrected chi connectivity index (χ3v) is 6.07. The molecule has 1 rings (SSSR count). The molecule has 0 aliphatic rings. The van der Waals surface area contributed by atoms with Crippen molar-refractivity contribution in [1.82, 2.24) is 0 Å². The predicted molar refractivity (Wildman–Crippen MR) is 134 cm³/mol. The van der Waals surface area contributed by atoms with Crippen molar-refractivity contribution in [3.05, 3.63) is 35.9 Å². The van der Waals surface area contributed by atoms with Gasteiger partial charge in [0.25, 0.3) is 0 Å². The summed E-state index contributed by atoms with van der Waals surface area (Å²) in [6.45, 7) is 4.75. The molecule has 0 N–H and O–H groups in total. The highest BCUT2D eigenvalue weighted by Gasteiger charge is 2.14. The Bertz CT molecular complexity index is 443. The van der Waals surface area contributed by atoms with Crippen molar-refractivity contribution in [2.45, 2.75) is 116 Å². The molecule has 1 nitrogen and oxygen atoms in total. The molecule has 0 aliphatic carbocycles. The molecule has 0 heterocycles. The summed E-state index contributed by atoms with van der Waals surface area (Å²) in [5, 5.41) is 0. The second kappa shape index (κ2) is 19.4. The molecule has 0 saturated heterocycles. The summed E-state index contributed by atoms with van der Waals surface area (Å²) >= 11 is 0. The minimum atomic E-state index is 0. The Morgan fingerprint density at radius 3 is 1.34 bits per heavy atom. The maximum atomic E-state index is 2.37. The molecular weight excluding hydrogens is 374 g/mol. The van der Waals surface area contributed by atoms with Gasteiger partial charge in [0.05, 0.1) is 20.6 Å². The Kier molecular flexibility index (Phi) is 19.1. The van der Waals surface area contributed by atoms with E-state index in [9.17, 15) is 0 Å². The Balaban J connectivity index is 0.00000784. The Labute approximate surface area is 189 Å². The fourth-order valence-electron chi connectivity index (χ4n) is 4.24. The summed E-state index contributed by atoms with van der Waals surface area (Å²) in [5.41, 5.74) is 1.46. The van der Waals surface area contributed by atoms with Gasteiger partial charge in [0.2, 0.25) is 0 Å². The number of quaternary nitrogens is 1. The van der Waals surface area contributed by atoms with Gasteiger partial charge in [-0.1, -0.05) is 127 Å². The Hall–Kier alpha value is -0.530. The number of nitrogens with zero attached hydrogens (tertiary/aromatic N) is 1. The fourth-order valence-corrected chi connectivity index (χ4v) is 4.24. The highest BCUT2D eigenvalue weighted by atomic mass is 35.5. The molecule has 0 aliphatic heterocycles. The zero-order valence-corrected chi connectivity index (χ0v) is 20.8. The topological polar surface area (TPSA) is 0 Å². The Morgan fingerprint density at radius 2 is 0.931 bits per heavy atom. The third-order valence-electron chi connectivity index (χ3n) is 6.07. The molecule has 170 valence electrons. The first-order valence-corrected chi connectivity index (χ1v) is 12.5. The lowest BCUT2D eigenvalue weighted by atomic mass is 10.0. The number of hydrogen-bond donors (Lipinski definition) is 0. The molecular formula is C27H51ClN+. The number of unbranched alkanes of at least 4 members (excludes halogenated alkanes) is 15. The van der Waals surface area contributed by atoms with Crippen LogP contribution in [-0.2, 0) is 6.54 Å².